The van der Waals surface area contributed by atoms with E-state index in [0.29, 0.717) is 28.5 Å². The van der Waals surface area contributed by atoms with Gasteiger partial charge in [0.25, 0.3) is 0 Å². The second-order valence-corrected chi connectivity index (χ2v) is 11.1. The first-order chi connectivity index (χ1) is 21.5. The van der Waals surface area contributed by atoms with Gasteiger partial charge in [0.15, 0.2) is 28.9 Å². The number of aldehydes is 1. The number of nitrogens with zero attached hydrogens (tertiary/aromatic N) is 5. The van der Waals surface area contributed by atoms with Crippen LogP contribution < -0.4 is 20.9 Å². The standard InChI is InChI=1S/C14H10BrFN4O2.C11H11BrO2.C4H3ClFN3/c1-22-11-3-8(15)2-10-12(11)7(6-21)5-20(10)13-9(16)4-18-14(17)19-13;1-13-9-4-3-7-5-8(12)6-10(14-2)11(7)9;5-3-2(6)1-8-4(7)9-3/h2-6H,1H3,(H2,17,18,19);4-6H,3H2,1-2H3;1H,(H2,7,8,9). The number of carbonyl (C=O) groups excluding carboxylic acids is 1. The number of hydrogen-bond acceptors (Lipinski definition) is 10. The highest BCUT2D eigenvalue weighted by molar-refractivity contribution is 9.10. The van der Waals surface area contributed by atoms with Gasteiger partial charge in [-0.2, -0.15) is 9.97 Å². The molecule has 0 saturated carbocycles. The summed E-state index contributed by atoms with van der Waals surface area (Å²) < 4.78 is 45.3. The van der Waals surface area contributed by atoms with Crippen molar-refractivity contribution < 1.29 is 27.8 Å². The Balaban J connectivity index is 0.000000171. The van der Waals surface area contributed by atoms with E-state index in [1.165, 1.54) is 23.4 Å². The maximum absolute atomic E-state index is 14.0. The number of carbonyl (C=O) groups is 1. The van der Waals surface area contributed by atoms with Gasteiger partial charge in [0.2, 0.25) is 11.9 Å². The maximum Gasteiger partial charge on any atom is 0.222 e. The third kappa shape index (κ3) is 7.49. The molecule has 0 unspecified atom stereocenters. The van der Waals surface area contributed by atoms with E-state index in [9.17, 15) is 13.6 Å². The Bertz CT molecular complexity index is 1920. The molecule has 0 bridgehead atoms. The van der Waals surface area contributed by atoms with E-state index in [0.717, 1.165) is 44.8 Å². The first-order valence-electron chi connectivity index (χ1n) is 12.7. The van der Waals surface area contributed by atoms with Crippen molar-refractivity contribution in [3.8, 4) is 17.3 Å². The number of anilines is 2. The van der Waals surface area contributed by atoms with Crippen molar-refractivity contribution in [2.45, 2.75) is 6.42 Å². The highest BCUT2D eigenvalue weighted by Crippen LogP contribution is 2.38. The van der Waals surface area contributed by atoms with E-state index in [1.54, 1.807) is 26.4 Å². The Morgan fingerprint density at radius 3 is 2.13 bits per heavy atom. The number of allylic oxidation sites excluding steroid dienone is 1. The van der Waals surface area contributed by atoms with Gasteiger partial charge in [-0.3, -0.25) is 9.36 Å². The lowest BCUT2D eigenvalue weighted by atomic mass is 10.1. The van der Waals surface area contributed by atoms with Crippen LogP contribution in [0.3, 0.4) is 0 Å². The molecule has 5 aromatic rings. The number of nitrogen functional groups attached to an aromatic ring is 2. The molecule has 3 aromatic heterocycles. The molecule has 6 rings (SSSR count). The SMILES string of the molecule is COC1=CCc2cc(Br)cc(OC)c21.COc1cc(Br)cc2c1c(C=O)cn2-c1nc(N)ncc1F.Nc1ncc(F)c(Cl)n1. The number of benzene rings is 2. The molecule has 0 radical (unpaired) electrons. The first-order valence-corrected chi connectivity index (χ1v) is 14.6. The molecule has 4 N–H and O–H groups in total. The zero-order chi connectivity index (χ0) is 32.8. The maximum atomic E-state index is 14.0. The van der Waals surface area contributed by atoms with E-state index in [4.69, 9.17) is 37.3 Å². The molecule has 0 atom stereocenters. The summed E-state index contributed by atoms with van der Waals surface area (Å²) in [5, 5.41) is 0.319. The minimum atomic E-state index is -0.661. The predicted molar refractivity (Wildman–Crippen MR) is 174 cm³/mol. The number of hydrogen-bond donors (Lipinski definition) is 2. The first kappa shape index (κ1) is 33.6. The molecule has 1 aliphatic rings. The van der Waals surface area contributed by atoms with Crippen LogP contribution in [0.4, 0.5) is 20.7 Å². The monoisotopic (exact) mass is 765 g/mol. The summed E-state index contributed by atoms with van der Waals surface area (Å²) in [4.78, 5) is 25.5. The van der Waals surface area contributed by atoms with Crippen molar-refractivity contribution in [3.05, 3.63) is 91.4 Å². The minimum Gasteiger partial charge on any atom is -0.496 e. The number of fused-ring (bicyclic) bond motifs is 2. The summed E-state index contributed by atoms with van der Waals surface area (Å²) in [5.41, 5.74) is 13.8. The molecular formula is C29H24Br2ClF2N7O4. The number of nitrogens with two attached hydrogens (primary N) is 2. The molecule has 234 valence electrons. The van der Waals surface area contributed by atoms with Gasteiger partial charge in [0.1, 0.15) is 17.3 Å². The van der Waals surface area contributed by atoms with Crippen molar-refractivity contribution in [1.82, 2.24) is 24.5 Å². The average Bonchev–Trinajstić information content (AvgIpc) is 3.61. The summed E-state index contributed by atoms with van der Waals surface area (Å²) >= 11 is 12.0. The molecule has 2 aromatic carbocycles. The van der Waals surface area contributed by atoms with Gasteiger partial charge in [-0.25, -0.2) is 18.7 Å². The smallest absolute Gasteiger partial charge is 0.222 e. The zero-order valence-electron chi connectivity index (χ0n) is 23.8. The van der Waals surface area contributed by atoms with Gasteiger partial charge >= 0.3 is 0 Å². The number of aromatic nitrogens is 5. The second kappa shape index (κ2) is 14.6. The lowest BCUT2D eigenvalue weighted by Gasteiger charge is -2.10. The number of ether oxygens (including phenoxy) is 3. The number of rotatable bonds is 5. The van der Waals surface area contributed by atoms with Crippen LogP contribution in [-0.4, -0.2) is 52.1 Å². The van der Waals surface area contributed by atoms with E-state index >= 15 is 0 Å². The van der Waals surface area contributed by atoms with Crippen LogP contribution in [-0.2, 0) is 11.2 Å². The van der Waals surface area contributed by atoms with Crippen LogP contribution in [0.2, 0.25) is 5.15 Å². The Morgan fingerprint density at radius 2 is 1.53 bits per heavy atom. The van der Waals surface area contributed by atoms with Gasteiger partial charge in [-0.1, -0.05) is 43.5 Å². The van der Waals surface area contributed by atoms with Crippen molar-refractivity contribution in [2.24, 2.45) is 0 Å². The third-order valence-electron chi connectivity index (χ3n) is 6.24. The van der Waals surface area contributed by atoms with Crippen molar-refractivity contribution >= 4 is 78.3 Å². The lowest BCUT2D eigenvalue weighted by molar-refractivity contribution is 0.112. The van der Waals surface area contributed by atoms with Gasteiger partial charge in [-0.15, -0.1) is 0 Å². The van der Waals surface area contributed by atoms with Crippen LogP contribution in [0.25, 0.3) is 22.5 Å². The topological polar surface area (TPSA) is 153 Å². The predicted octanol–water partition coefficient (Wildman–Crippen LogP) is 6.58. The molecule has 45 heavy (non-hydrogen) atoms. The summed E-state index contributed by atoms with van der Waals surface area (Å²) in [7, 11) is 4.85. The van der Waals surface area contributed by atoms with Crippen LogP contribution in [0.5, 0.6) is 11.5 Å². The van der Waals surface area contributed by atoms with Crippen LogP contribution >= 0.6 is 43.5 Å². The van der Waals surface area contributed by atoms with E-state index in [1.807, 2.05) is 6.07 Å². The fourth-order valence-corrected chi connectivity index (χ4v) is 5.42. The molecule has 3 heterocycles. The molecule has 0 saturated heterocycles. The second-order valence-electron chi connectivity index (χ2n) is 8.96. The Labute approximate surface area is 277 Å². The lowest BCUT2D eigenvalue weighted by Crippen LogP contribution is -2.04. The molecule has 16 heteroatoms. The van der Waals surface area contributed by atoms with Crippen molar-refractivity contribution in [1.29, 1.82) is 0 Å². The van der Waals surface area contributed by atoms with Gasteiger partial charge in [0.05, 0.1) is 50.2 Å². The fraction of sp³-hybridized carbons (Fsp3) is 0.138. The van der Waals surface area contributed by atoms with E-state index in [2.05, 4.69) is 63.9 Å². The minimum absolute atomic E-state index is 0.0265. The van der Waals surface area contributed by atoms with Gasteiger partial charge in [0, 0.05) is 20.7 Å². The summed E-state index contributed by atoms with van der Waals surface area (Å²) in [6.45, 7) is 0. The van der Waals surface area contributed by atoms with Crippen LogP contribution in [0.1, 0.15) is 21.5 Å². The molecule has 11 nitrogen and oxygen atoms in total. The average molecular weight is 768 g/mol. The quantitative estimate of drug-likeness (QED) is 0.148. The molecular weight excluding hydrogens is 744 g/mol. The third-order valence-corrected chi connectivity index (χ3v) is 7.42. The van der Waals surface area contributed by atoms with E-state index < -0.39 is 11.6 Å². The normalized spacial score (nSPS) is 11.4. The summed E-state index contributed by atoms with van der Waals surface area (Å²) in [5.74, 6) is 0.824. The Morgan fingerprint density at radius 1 is 0.911 bits per heavy atom. The highest BCUT2D eigenvalue weighted by atomic mass is 79.9. The summed E-state index contributed by atoms with van der Waals surface area (Å²) in [6, 6.07) is 7.52. The molecule has 0 aliphatic heterocycles. The Hall–Kier alpha value is -4.34. The van der Waals surface area contributed by atoms with E-state index in [-0.39, 0.29) is 22.9 Å². The van der Waals surface area contributed by atoms with Crippen molar-refractivity contribution in [2.75, 3.05) is 32.8 Å². The molecule has 0 amide bonds. The largest absolute Gasteiger partial charge is 0.496 e. The van der Waals surface area contributed by atoms with Crippen LogP contribution in [0, 0.1) is 11.6 Å². The van der Waals surface area contributed by atoms with Crippen LogP contribution in [0.15, 0.2) is 57.9 Å². The number of methoxy groups -OCH3 is 3. The zero-order valence-corrected chi connectivity index (χ0v) is 27.7. The van der Waals surface area contributed by atoms with Crippen molar-refractivity contribution in [3.63, 3.8) is 0 Å². The van der Waals surface area contributed by atoms with Gasteiger partial charge < -0.3 is 25.7 Å². The van der Waals surface area contributed by atoms with Gasteiger partial charge in [-0.05, 0) is 42.3 Å². The highest BCUT2D eigenvalue weighted by Gasteiger charge is 2.20. The Kier molecular flexibility index (Phi) is 10.9. The summed E-state index contributed by atoms with van der Waals surface area (Å²) in [6.07, 6.45) is 7.05. The molecule has 1 aliphatic carbocycles. The fourth-order valence-electron chi connectivity index (χ4n) is 4.37. The molecule has 0 fully saturated rings. The molecule has 0 spiro atoms. The number of halogens is 5.